The predicted octanol–water partition coefficient (Wildman–Crippen LogP) is 4.88. The van der Waals surface area contributed by atoms with Crippen molar-refractivity contribution < 1.29 is 9.18 Å². The van der Waals surface area contributed by atoms with Crippen molar-refractivity contribution in [2.45, 2.75) is 43.0 Å². The molecule has 0 bridgehead atoms. The van der Waals surface area contributed by atoms with E-state index >= 15 is 0 Å². The Labute approximate surface area is 176 Å². The minimum absolute atomic E-state index is 0.112. The van der Waals surface area contributed by atoms with E-state index in [9.17, 15) is 9.18 Å². The van der Waals surface area contributed by atoms with Gasteiger partial charge in [-0.2, -0.15) is 0 Å². The fraction of sp³-hybridized carbons (Fsp3) is 0.458. The normalized spacial score (nSPS) is 23.0. The number of Topliss-reactive ketones (excluding diaryl/α,β-unsaturated/α-hetero) is 1. The van der Waals surface area contributed by atoms with Gasteiger partial charge in [0.05, 0.1) is 5.69 Å². The van der Waals surface area contributed by atoms with Crippen LogP contribution in [0.1, 0.15) is 46.7 Å². The van der Waals surface area contributed by atoms with Crippen molar-refractivity contribution in [3.8, 4) is 0 Å². The quantitative estimate of drug-likeness (QED) is 0.656. The first-order chi connectivity index (χ1) is 14.1. The van der Waals surface area contributed by atoms with Crippen LogP contribution in [-0.4, -0.2) is 48.7 Å². The number of anilines is 1. The fourth-order valence-corrected chi connectivity index (χ4v) is 6.45. The van der Waals surface area contributed by atoms with Crippen molar-refractivity contribution >= 4 is 23.2 Å². The van der Waals surface area contributed by atoms with Crippen LogP contribution in [0.4, 0.5) is 10.1 Å². The Balaban J connectivity index is 1.23. The van der Waals surface area contributed by atoms with Crippen molar-refractivity contribution in [1.29, 1.82) is 0 Å². The van der Waals surface area contributed by atoms with Gasteiger partial charge < -0.3 is 9.80 Å². The molecule has 0 spiro atoms. The average molecular weight is 411 g/mol. The highest BCUT2D eigenvalue weighted by Gasteiger charge is 2.43. The van der Waals surface area contributed by atoms with Gasteiger partial charge >= 0.3 is 0 Å². The van der Waals surface area contributed by atoms with E-state index in [1.54, 1.807) is 17.7 Å². The smallest absolute Gasteiger partial charge is 0.162 e. The lowest BCUT2D eigenvalue weighted by Gasteiger charge is -2.40. The van der Waals surface area contributed by atoms with E-state index < -0.39 is 0 Å². The van der Waals surface area contributed by atoms with Crippen molar-refractivity contribution in [1.82, 2.24) is 4.90 Å². The van der Waals surface area contributed by atoms with Crippen molar-refractivity contribution in [3.63, 3.8) is 0 Å². The van der Waals surface area contributed by atoms with E-state index in [0.29, 0.717) is 23.9 Å². The molecule has 3 nitrogen and oxygen atoms in total. The highest BCUT2D eigenvalue weighted by atomic mass is 32.2. The van der Waals surface area contributed by atoms with Crippen molar-refractivity contribution in [2.24, 2.45) is 0 Å². The zero-order chi connectivity index (χ0) is 20.0. The lowest BCUT2D eigenvalue weighted by molar-refractivity contribution is 0.0971. The summed E-state index contributed by atoms with van der Waals surface area (Å²) in [5, 5.41) is 0. The van der Waals surface area contributed by atoms with Crippen LogP contribution in [0.25, 0.3) is 0 Å². The molecule has 3 aliphatic heterocycles. The van der Waals surface area contributed by atoms with Crippen LogP contribution in [0.5, 0.6) is 0 Å². The number of hydrogen-bond donors (Lipinski definition) is 0. The maximum absolute atomic E-state index is 13.0. The van der Waals surface area contributed by atoms with Gasteiger partial charge in [-0.3, -0.25) is 4.79 Å². The molecule has 0 N–H and O–H groups in total. The summed E-state index contributed by atoms with van der Waals surface area (Å²) < 4.78 is 13.0. The van der Waals surface area contributed by atoms with Gasteiger partial charge in [-0.25, -0.2) is 4.39 Å². The van der Waals surface area contributed by atoms with Gasteiger partial charge in [0.15, 0.2) is 5.78 Å². The van der Waals surface area contributed by atoms with Gasteiger partial charge in [-0.15, -0.1) is 11.8 Å². The van der Waals surface area contributed by atoms with Gasteiger partial charge in [-0.1, -0.05) is 6.07 Å². The summed E-state index contributed by atoms with van der Waals surface area (Å²) in [5.74, 6) is 1.59. The molecule has 0 radical (unpaired) electrons. The number of aryl methyl sites for hydroxylation is 1. The van der Waals surface area contributed by atoms with E-state index in [4.69, 9.17) is 0 Å². The predicted molar refractivity (Wildman–Crippen MR) is 117 cm³/mol. The van der Waals surface area contributed by atoms with Crippen LogP contribution < -0.4 is 4.90 Å². The first kappa shape index (κ1) is 19.1. The fourth-order valence-electron chi connectivity index (χ4n) is 5.30. The Kier molecular flexibility index (Phi) is 5.12. The second kappa shape index (κ2) is 7.77. The zero-order valence-electron chi connectivity index (χ0n) is 16.9. The van der Waals surface area contributed by atoms with Crippen molar-refractivity contribution in [2.75, 3.05) is 36.8 Å². The Morgan fingerprint density at radius 2 is 2.03 bits per heavy atom. The maximum atomic E-state index is 13.0. The zero-order valence-corrected chi connectivity index (χ0v) is 17.7. The minimum Gasteiger partial charge on any atom is -0.366 e. The molecule has 2 aromatic carbocycles. The molecule has 2 unspecified atom stereocenters. The van der Waals surface area contributed by atoms with Gasteiger partial charge in [0.2, 0.25) is 0 Å². The number of nitrogens with zero attached hydrogens (tertiary/aromatic N) is 2. The molecule has 3 heterocycles. The number of carbonyl (C=O) groups excluding carboxylic acids is 1. The highest BCUT2D eigenvalue weighted by Crippen LogP contribution is 2.51. The number of hydrogen-bond acceptors (Lipinski definition) is 4. The Morgan fingerprint density at radius 1 is 1.21 bits per heavy atom. The number of thioether (sulfide) groups is 1. The molecule has 152 valence electrons. The molecule has 0 amide bonds. The second-order valence-electron chi connectivity index (χ2n) is 8.54. The van der Waals surface area contributed by atoms with E-state index in [0.717, 1.165) is 26.1 Å². The molecule has 2 atom stereocenters. The molecule has 0 saturated carbocycles. The monoisotopic (exact) mass is 410 g/mol. The van der Waals surface area contributed by atoms with Crippen LogP contribution in [0.3, 0.4) is 0 Å². The van der Waals surface area contributed by atoms with Crippen LogP contribution in [0.15, 0.2) is 41.3 Å². The van der Waals surface area contributed by atoms with Gasteiger partial charge in [0.1, 0.15) is 5.82 Å². The lowest BCUT2D eigenvalue weighted by atomic mass is 9.88. The topological polar surface area (TPSA) is 23.6 Å². The highest BCUT2D eigenvalue weighted by molar-refractivity contribution is 7.99. The summed E-state index contributed by atoms with van der Waals surface area (Å²) >= 11 is 2.01. The van der Waals surface area contributed by atoms with Crippen LogP contribution in [0, 0.1) is 12.7 Å². The standard InChI is InChI=1S/C24H27FN2OS/c1-16-13-19-20-15-26(9-2-3-22(28)17-4-6-18(25)7-5-17)10-8-21(20)27-11-12-29-23(14-16)24(19)27/h4-7,13-14,20-21H,2-3,8-12,15H2,1H3. The van der Waals surface area contributed by atoms with E-state index in [1.807, 2.05) is 11.8 Å². The Bertz CT molecular complexity index is 929. The van der Waals surface area contributed by atoms with Crippen LogP contribution >= 0.6 is 11.8 Å². The first-order valence-electron chi connectivity index (χ1n) is 10.7. The number of fused-ring (bicyclic) bond motifs is 3. The van der Waals surface area contributed by atoms with Crippen LogP contribution in [0.2, 0.25) is 0 Å². The molecule has 1 saturated heterocycles. The third-order valence-corrected chi connectivity index (χ3v) is 7.64. The van der Waals surface area contributed by atoms with E-state index in [2.05, 4.69) is 28.9 Å². The lowest BCUT2D eigenvalue weighted by Crippen LogP contribution is -2.47. The average Bonchev–Trinajstić information content (AvgIpc) is 3.03. The number of piperidine rings is 1. The summed E-state index contributed by atoms with van der Waals surface area (Å²) in [6, 6.07) is 11.3. The van der Waals surface area contributed by atoms with E-state index in [1.165, 1.54) is 47.0 Å². The van der Waals surface area contributed by atoms with Gasteiger partial charge in [0.25, 0.3) is 0 Å². The summed E-state index contributed by atoms with van der Waals surface area (Å²) in [6.07, 6.45) is 2.59. The number of halogens is 1. The summed E-state index contributed by atoms with van der Waals surface area (Å²) in [7, 11) is 0. The summed E-state index contributed by atoms with van der Waals surface area (Å²) in [6.45, 7) is 6.54. The third kappa shape index (κ3) is 3.59. The number of rotatable bonds is 5. The van der Waals surface area contributed by atoms with Crippen molar-refractivity contribution in [3.05, 3.63) is 58.9 Å². The van der Waals surface area contributed by atoms with Crippen LogP contribution in [-0.2, 0) is 0 Å². The third-order valence-electron chi connectivity index (χ3n) is 6.63. The van der Waals surface area contributed by atoms with Gasteiger partial charge in [-0.05, 0) is 67.8 Å². The number of likely N-dealkylation sites (tertiary alicyclic amines) is 1. The molecule has 5 heteroatoms. The second-order valence-corrected chi connectivity index (χ2v) is 9.68. The molecule has 5 rings (SSSR count). The summed E-state index contributed by atoms with van der Waals surface area (Å²) in [5.41, 5.74) is 5.04. The molecule has 0 aliphatic carbocycles. The summed E-state index contributed by atoms with van der Waals surface area (Å²) in [4.78, 5) is 19.0. The van der Waals surface area contributed by atoms with Gasteiger partial charge in [0, 0.05) is 54.2 Å². The number of ketones is 1. The molecule has 1 fully saturated rings. The molecule has 0 aromatic heterocycles. The molecule has 29 heavy (non-hydrogen) atoms. The Morgan fingerprint density at radius 3 is 2.86 bits per heavy atom. The minimum atomic E-state index is -0.295. The Hall–Kier alpha value is -1.85. The molecule has 2 aromatic rings. The SMILES string of the molecule is Cc1cc2c3c(c1)C1CN(CCCC(=O)c4ccc(F)cc4)CCC1N3CCS2. The van der Waals surface area contributed by atoms with E-state index in [-0.39, 0.29) is 11.6 Å². The molecule has 3 aliphatic rings. The molecular formula is C24H27FN2OS. The maximum Gasteiger partial charge on any atom is 0.162 e. The molecular weight excluding hydrogens is 383 g/mol. The first-order valence-corrected chi connectivity index (χ1v) is 11.6. The largest absolute Gasteiger partial charge is 0.366 e. The number of carbonyl (C=O) groups is 1. The number of benzene rings is 2.